The molecule has 7 heteroatoms. The van der Waals surface area contributed by atoms with Gasteiger partial charge in [-0.2, -0.15) is 0 Å². The summed E-state index contributed by atoms with van der Waals surface area (Å²) in [6.07, 6.45) is 3.63. The molecule has 6 nitrogen and oxygen atoms in total. The first-order valence-electron chi connectivity index (χ1n) is 8.50. The topological polar surface area (TPSA) is 64.6 Å². The van der Waals surface area contributed by atoms with E-state index in [-0.39, 0.29) is 17.6 Å². The summed E-state index contributed by atoms with van der Waals surface area (Å²) in [5.41, 5.74) is 1.22. The summed E-state index contributed by atoms with van der Waals surface area (Å²) in [6, 6.07) is 5.83. The summed E-state index contributed by atoms with van der Waals surface area (Å²) < 4.78 is 12.0. The second kappa shape index (κ2) is 6.82. The first-order valence-corrected chi connectivity index (χ1v) is 9.38. The minimum Gasteiger partial charge on any atom is -0.372 e. The van der Waals surface area contributed by atoms with E-state index in [1.807, 2.05) is 35.4 Å². The molecule has 1 unspecified atom stereocenters. The predicted molar refractivity (Wildman–Crippen MR) is 93.5 cm³/mol. The lowest BCUT2D eigenvalue weighted by atomic mass is 9.84. The van der Waals surface area contributed by atoms with Crippen LogP contribution >= 0.6 is 11.3 Å². The van der Waals surface area contributed by atoms with Gasteiger partial charge in [0.1, 0.15) is 11.3 Å². The van der Waals surface area contributed by atoms with Crippen LogP contribution in [0.3, 0.4) is 0 Å². The Hall–Kier alpha value is -1.83. The van der Waals surface area contributed by atoms with Gasteiger partial charge in [-0.1, -0.05) is 6.07 Å². The van der Waals surface area contributed by atoms with Crippen LogP contribution in [-0.4, -0.2) is 52.2 Å². The molecule has 132 valence electrons. The number of hydrogen-bond donors (Lipinski definition) is 0. The minimum absolute atomic E-state index is 0.00453. The van der Waals surface area contributed by atoms with Crippen molar-refractivity contribution in [3.05, 3.63) is 46.2 Å². The second-order valence-electron chi connectivity index (χ2n) is 6.69. The van der Waals surface area contributed by atoms with Crippen LogP contribution in [0.1, 0.15) is 34.0 Å². The number of likely N-dealkylation sites (tertiary alicyclic amines) is 1. The van der Waals surface area contributed by atoms with Crippen molar-refractivity contribution in [3.63, 3.8) is 0 Å². The zero-order valence-electron chi connectivity index (χ0n) is 14.2. The largest absolute Gasteiger partial charge is 0.372 e. The molecule has 25 heavy (non-hydrogen) atoms. The molecule has 0 saturated carbocycles. The van der Waals surface area contributed by atoms with Crippen molar-refractivity contribution in [1.29, 1.82) is 0 Å². The van der Waals surface area contributed by atoms with Crippen LogP contribution in [0.2, 0.25) is 0 Å². The van der Waals surface area contributed by atoms with Gasteiger partial charge in [0.05, 0.1) is 36.5 Å². The second-order valence-corrected chi connectivity index (χ2v) is 7.75. The summed E-state index contributed by atoms with van der Waals surface area (Å²) in [6.45, 7) is 4.33. The van der Waals surface area contributed by atoms with Gasteiger partial charge < -0.3 is 14.4 Å². The standard InChI is InChI=1S/C18H21N3O3S/c1-13-20-16(10-25-13)17(22)21-11-18(12-21)8-15(5-7-24-18)23-9-14-4-2-3-6-19-14/h2-4,6,10,15H,5,7-9,11-12H2,1H3. The van der Waals surface area contributed by atoms with E-state index in [9.17, 15) is 4.79 Å². The van der Waals surface area contributed by atoms with Crippen LogP contribution in [-0.2, 0) is 16.1 Å². The zero-order valence-corrected chi connectivity index (χ0v) is 15.0. The number of carbonyl (C=O) groups excluding carboxylic acids is 1. The summed E-state index contributed by atoms with van der Waals surface area (Å²) in [5, 5.41) is 2.74. The summed E-state index contributed by atoms with van der Waals surface area (Å²) >= 11 is 1.50. The van der Waals surface area contributed by atoms with Gasteiger partial charge >= 0.3 is 0 Å². The third-order valence-corrected chi connectivity index (χ3v) is 5.50. The molecule has 2 aliphatic rings. The lowest BCUT2D eigenvalue weighted by Crippen LogP contribution is -2.67. The van der Waals surface area contributed by atoms with Crippen molar-refractivity contribution in [2.45, 2.75) is 38.1 Å². The zero-order chi connectivity index (χ0) is 17.3. The molecular weight excluding hydrogens is 338 g/mol. The molecule has 0 aliphatic carbocycles. The lowest BCUT2D eigenvalue weighted by Gasteiger charge is -2.52. The third-order valence-electron chi connectivity index (χ3n) is 4.72. The molecule has 1 spiro atoms. The molecule has 2 saturated heterocycles. The van der Waals surface area contributed by atoms with Gasteiger partial charge in [-0.25, -0.2) is 4.98 Å². The van der Waals surface area contributed by atoms with Crippen molar-refractivity contribution < 1.29 is 14.3 Å². The van der Waals surface area contributed by atoms with Gasteiger partial charge in [0.2, 0.25) is 0 Å². The molecule has 0 bridgehead atoms. The van der Waals surface area contributed by atoms with Crippen molar-refractivity contribution >= 4 is 17.2 Å². The van der Waals surface area contributed by atoms with Gasteiger partial charge in [0, 0.05) is 24.6 Å². The maximum Gasteiger partial charge on any atom is 0.273 e. The molecule has 2 aromatic rings. The Balaban J connectivity index is 1.31. The predicted octanol–water partition coefficient (Wildman–Crippen LogP) is 2.44. The van der Waals surface area contributed by atoms with Crippen molar-refractivity contribution in [2.24, 2.45) is 0 Å². The Morgan fingerprint density at radius 2 is 2.36 bits per heavy atom. The summed E-state index contributed by atoms with van der Waals surface area (Å²) in [7, 11) is 0. The van der Waals surface area contributed by atoms with Crippen LogP contribution < -0.4 is 0 Å². The number of rotatable bonds is 4. The van der Waals surface area contributed by atoms with Crippen LogP contribution in [0.5, 0.6) is 0 Å². The third kappa shape index (κ3) is 3.58. The number of aryl methyl sites for hydroxylation is 1. The summed E-state index contributed by atoms with van der Waals surface area (Å²) in [4.78, 5) is 22.8. The molecule has 0 radical (unpaired) electrons. The van der Waals surface area contributed by atoms with Gasteiger partial charge in [0.15, 0.2) is 0 Å². The molecule has 4 heterocycles. The first-order chi connectivity index (χ1) is 12.1. The SMILES string of the molecule is Cc1nc(C(=O)N2CC3(CC(OCc4ccccn4)CCO3)C2)cs1. The van der Waals surface area contributed by atoms with Crippen LogP contribution in [0.15, 0.2) is 29.8 Å². The quantitative estimate of drug-likeness (QED) is 0.839. The molecule has 1 atom stereocenters. The summed E-state index contributed by atoms with van der Waals surface area (Å²) in [5.74, 6) is -0.00453. The van der Waals surface area contributed by atoms with Gasteiger partial charge in [-0.3, -0.25) is 9.78 Å². The van der Waals surface area contributed by atoms with Gasteiger partial charge in [-0.05, 0) is 25.5 Å². The average Bonchev–Trinajstić information content (AvgIpc) is 3.05. The van der Waals surface area contributed by atoms with Crippen molar-refractivity contribution in [3.8, 4) is 0 Å². The highest BCUT2D eigenvalue weighted by atomic mass is 32.1. The fourth-order valence-corrected chi connectivity index (χ4v) is 4.04. The molecule has 1 amide bonds. The van der Waals surface area contributed by atoms with E-state index in [1.165, 1.54) is 11.3 Å². The molecule has 4 rings (SSSR count). The van der Waals surface area contributed by atoms with E-state index in [1.54, 1.807) is 6.20 Å². The Bertz CT molecular complexity index is 743. The Morgan fingerprint density at radius 1 is 1.48 bits per heavy atom. The Labute approximate surface area is 150 Å². The van der Waals surface area contributed by atoms with Crippen LogP contribution in [0, 0.1) is 6.92 Å². The van der Waals surface area contributed by atoms with Gasteiger partial charge in [0.25, 0.3) is 5.91 Å². The smallest absolute Gasteiger partial charge is 0.273 e. The number of nitrogens with zero attached hydrogens (tertiary/aromatic N) is 3. The van der Waals surface area contributed by atoms with Gasteiger partial charge in [-0.15, -0.1) is 11.3 Å². The maximum absolute atomic E-state index is 12.4. The molecule has 2 aliphatic heterocycles. The monoisotopic (exact) mass is 359 g/mol. The van der Waals surface area contributed by atoms with E-state index in [2.05, 4.69) is 9.97 Å². The van der Waals surface area contributed by atoms with E-state index < -0.39 is 0 Å². The van der Waals surface area contributed by atoms with E-state index >= 15 is 0 Å². The van der Waals surface area contributed by atoms with E-state index in [4.69, 9.17) is 9.47 Å². The molecule has 0 aromatic carbocycles. The fourth-order valence-electron chi connectivity index (χ4n) is 3.45. The fraction of sp³-hybridized carbons (Fsp3) is 0.500. The lowest BCUT2D eigenvalue weighted by molar-refractivity contribution is -0.188. The van der Waals surface area contributed by atoms with E-state index in [0.29, 0.717) is 32.0 Å². The van der Waals surface area contributed by atoms with Crippen LogP contribution in [0.4, 0.5) is 0 Å². The highest BCUT2D eigenvalue weighted by Crippen LogP contribution is 2.36. The first kappa shape index (κ1) is 16.6. The highest BCUT2D eigenvalue weighted by Gasteiger charge is 2.50. The Morgan fingerprint density at radius 3 is 3.08 bits per heavy atom. The molecule has 2 aromatic heterocycles. The number of ether oxygens (including phenoxy) is 2. The minimum atomic E-state index is -0.256. The van der Waals surface area contributed by atoms with Crippen molar-refractivity contribution in [1.82, 2.24) is 14.9 Å². The maximum atomic E-state index is 12.4. The number of aromatic nitrogens is 2. The Kier molecular flexibility index (Phi) is 4.54. The van der Waals surface area contributed by atoms with Crippen LogP contribution in [0.25, 0.3) is 0 Å². The number of hydrogen-bond acceptors (Lipinski definition) is 6. The number of carbonyl (C=O) groups is 1. The normalized spacial score (nSPS) is 22.0. The molecule has 0 N–H and O–H groups in total. The molecular formula is C18H21N3O3S. The number of thiazole rings is 1. The number of amides is 1. The highest BCUT2D eigenvalue weighted by molar-refractivity contribution is 7.09. The van der Waals surface area contributed by atoms with Crippen molar-refractivity contribution in [2.75, 3.05) is 19.7 Å². The average molecular weight is 359 g/mol. The molecule has 2 fully saturated rings. The van der Waals surface area contributed by atoms with E-state index in [0.717, 1.165) is 23.5 Å². The number of pyridine rings is 1.